The molecule has 1 aliphatic rings. The van der Waals surface area contributed by atoms with Gasteiger partial charge in [0.2, 0.25) is 0 Å². The third-order valence-corrected chi connectivity index (χ3v) is 7.15. The smallest absolute Gasteiger partial charge is 0.315 e. The molecule has 0 spiro atoms. The van der Waals surface area contributed by atoms with Crippen LogP contribution in [0.2, 0.25) is 5.02 Å². The van der Waals surface area contributed by atoms with E-state index in [1.54, 1.807) is 12.1 Å². The summed E-state index contributed by atoms with van der Waals surface area (Å²) in [5.74, 6) is 1.93. The first kappa shape index (κ1) is 18.4. The van der Waals surface area contributed by atoms with Gasteiger partial charge in [-0.15, -0.1) is 23.5 Å². The van der Waals surface area contributed by atoms with E-state index in [2.05, 4.69) is 0 Å². The van der Waals surface area contributed by atoms with Gasteiger partial charge in [0, 0.05) is 22.1 Å². The molecular weight excluding hydrogens is 383 g/mol. The molecule has 25 heavy (non-hydrogen) atoms. The lowest BCUT2D eigenvalue weighted by atomic mass is 10.1. The monoisotopic (exact) mass is 398 g/mol. The van der Waals surface area contributed by atoms with Gasteiger partial charge in [0.05, 0.1) is 18.1 Å². The molecule has 1 saturated heterocycles. The van der Waals surface area contributed by atoms with Crippen LogP contribution in [0.5, 0.6) is 11.5 Å². The summed E-state index contributed by atoms with van der Waals surface area (Å²) in [6.45, 7) is 0. The summed E-state index contributed by atoms with van der Waals surface area (Å²) in [5, 5.41) is 0.203. The summed E-state index contributed by atoms with van der Waals surface area (Å²) >= 11 is 9.72. The Hall–Kier alpha value is -1.37. The molecule has 0 amide bonds. The van der Waals surface area contributed by atoms with Crippen molar-refractivity contribution in [1.29, 1.82) is 0 Å². The van der Waals surface area contributed by atoms with Gasteiger partial charge in [0.1, 0.15) is 5.82 Å². The number of methoxy groups -OCH3 is 1. The van der Waals surface area contributed by atoms with Crippen molar-refractivity contribution in [2.75, 3.05) is 18.6 Å². The van der Waals surface area contributed by atoms with Crippen LogP contribution in [0.25, 0.3) is 0 Å². The average molecular weight is 399 g/mol. The maximum atomic E-state index is 13.8. The van der Waals surface area contributed by atoms with Crippen molar-refractivity contribution < 1.29 is 18.7 Å². The molecule has 0 atom stereocenters. The van der Waals surface area contributed by atoms with Gasteiger partial charge in [-0.2, -0.15) is 0 Å². The van der Waals surface area contributed by atoms with E-state index in [1.807, 2.05) is 35.7 Å². The van der Waals surface area contributed by atoms with Crippen LogP contribution in [0, 0.1) is 5.82 Å². The van der Waals surface area contributed by atoms with Crippen LogP contribution in [0.4, 0.5) is 4.39 Å². The molecule has 3 nitrogen and oxygen atoms in total. The van der Waals surface area contributed by atoms with Crippen LogP contribution in [-0.4, -0.2) is 24.6 Å². The third kappa shape index (κ3) is 4.43. The normalized spacial score (nSPS) is 14.5. The number of hydrogen-bond donors (Lipinski definition) is 0. The maximum absolute atomic E-state index is 13.8. The van der Waals surface area contributed by atoms with E-state index in [9.17, 15) is 9.18 Å². The predicted octanol–water partition coefficient (Wildman–Crippen LogP) is 5.11. The standard InChI is InChI=1S/C18H16ClFO3S2/c1-22-16-9-11(18-24-7-8-25-18)5-6-15(16)23-17(21)10-12-13(19)3-2-4-14(12)20/h2-6,9,18H,7-8,10H2,1H3. The van der Waals surface area contributed by atoms with Crippen molar-refractivity contribution >= 4 is 41.1 Å². The first-order valence-corrected chi connectivity index (χ1v) is 10.1. The van der Waals surface area contributed by atoms with Crippen molar-refractivity contribution in [1.82, 2.24) is 0 Å². The zero-order valence-electron chi connectivity index (χ0n) is 13.5. The largest absolute Gasteiger partial charge is 0.493 e. The summed E-state index contributed by atoms with van der Waals surface area (Å²) in [6, 6.07) is 9.83. The second kappa shape index (κ2) is 8.34. The molecule has 1 fully saturated rings. The van der Waals surface area contributed by atoms with Crippen LogP contribution < -0.4 is 9.47 Å². The summed E-state index contributed by atoms with van der Waals surface area (Å²) < 4.78 is 24.9. The lowest BCUT2D eigenvalue weighted by molar-refractivity contribution is -0.133. The van der Waals surface area contributed by atoms with Gasteiger partial charge in [-0.3, -0.25) is 4.79 Å². The fourth-order valence-corrected chi connectivity index (χ4v) is 5.54. The van der Waals surface area contributed by atoms with Crippen molar-refractivity contribution in [2.45, 2.75) is 11.0 Å². The Morgan fingerprint density at radius 2 is 2.00 bits per heavy atom. The van der Waals surface area contributed by atoms with E-state index in [0.717, 1.165) is 17.1 Å². The Labute approximate surface area is 159 Å². The second-order valence-corrected chi connectivity index (χ2v) is 8.47. The summed E-state index contributed by atoms with van der Waals surface area (Å²) in [4.78, 5) is 12.2. The quantitative estimate of drug-likeness (QED) is 0.516. The van der Waals surface area contributed by atoms with E-state index < -0.39 is 11.8 Å². The first-order chi connectivity index (χ1) is 12.1. The fraction of sp³-hybridized carbons (Fsp3) is 0.278. The minimum absolute atomic E-state index is 0.128. The molecule has 132 valence electrons. The molecule has 0 bridgehead atoms. The van der Waals surface area contributed by atoms with E-state index in [4.69, 9.17) is 21.1 Å². The molecule has 0 aromatic heterocycles. The Morgan fingerprint density at radius 1 is 1.24 bits per heavy atom. The van der Waals surface area contributed by atoms with Crippen LogP contribution in [0.3, 0.4) is 0 Å². The number of hydrogen-bond acceptors (Lipinski definition) is 5. The van der Waals surface area contributed by atoms with E-state index in [-0.39, 0.29) is 17.0 Å². The molecule has 2 aromatic carbocycles. The van der Waals surface area contributed by atoms with Gasteiger partial charge in [-0.05, 0) is 29.8 Å². The maximum Gasteiger partial charge on any atom is 0.315 e. The number of ether oxygens (including phenoxy) is 2. The number of rotatable bonds is 5. The number of halogens is 2. The average Bonchev–Trinajstić information content (AvgIpc) is 3.13. The Kier molecular flexibility index (Phi) is 6.15. The topological polar surface area (TPSA) is 35.5 Å². The Balaban J connectivity index is 1.74. The summed E-state index contributed by atoms with van der Waals surface area (Å²) in [6.07, 6.45) is -0.245. The minimum Gasteiger partial charge on any atom is -0.493 e. The number of carbonyl (C=O) groups excluding carboxylic acids is 1. The highest BCUT2D eigenvalue weighted by molar-refractivity contribution is 8.19. The molecular formula is C18H16ClFO3S2. The highest BCUT2D eigenvalue weighted by atomic mass is 35.5. The molecule has 1 heterocycles. The molecule has 0 unspecified atom stereocenters. The first-order valence-electron chi connectivity index (χ1n) is 7.63. The molecule has 1 aliphatic heterocycles. The summed E-state index contributed by atoms with van der Waals surface area (Å²) in [7, 11) is 1.53. The van der Waals surface area contributed by atoms with E-state index in [0.29, 0.717) is 16.1 Å². The highest BCUT2D eigenvalue weighted by Crippen LogP contribution is 2.46. The van der Waals surface area contributed by atoms with Crippen LogP contribution >= 0.6 is 35.1 Å². The van der Waals surface area contributed by atoms with Crippen LogP contribution in [0.1, 0.15) is 15.7 Å². The minimum atomic E-state index is -0.595. The molecule has 0 saturated carbocycles. The zero-order chi connectivity index (χ0) is 17.8. The van der Waals surface area contributed by atoms with Crippen LogP contribution in [-0.2, 0) is 11.2 Å². The molecule has 0 aliphatic carbocycles. The number of benzene rings is 2. The SMILES string of the molecule is COc1cc(C2SCCS2)ccc1OC(=O)Cc1c(F)cccc1Cl. The van der Waals surface area contributed by atoms with E-state index >= 15 is 0 Å². The van der Waals surface area contributed by atoms with E-state index in [1.165, 1.54) is 19.2 Å². The fourth-order valence-electron chi connectivity index (χ4n) is 2.47. The number of esters is 1. The molecule has 0 radical (unpaired) electrons. The Bertz CT molecular complexity index is 759. The third-order valence-electron chi connectivity index (χ3n) is 3.69. The highest BCUT2D eigenvalue weighted by Gasteiger charge is 2.21. The van der Waals surface area contributed by atoms with Gasteiger partial charge in [0.25, 0.3) is 0 Å². The van der Waals surface area contributed by atoms with Gasteiger partial charge in [-0.25, -0.2) is 4.39 Å². The van der Waals surface area contributed by atoms with Gasteiger partial charge in [0.15, 0.2) is 11.5 Å². The van der Waals surface area contributed by atoms with Gasteiger partial charge in [-0.1, -0.05) is 23.7 Å². The Morgan fingerprint density at radius 3 is 2.68 bits per heavy atom. The van der Waals surface area contributed by atoms with Gasteiger partial charge >= 0.3 is 5.97 Å². The van der Waals surface area contributed by atoms with Crippen molar-refractivity contribution in [3.63, 3.8) is 0 Å². The number of carbonyl (C=O) groups is 1. The predicted molar refractivity (Wildman–Crippen MR) is 101 cm³/mol. The zero-order valence-corrected chi connectivity index (χ0v) is 15.8. The molecule has 0 N–H and O–H groups in total. The lowest BCUT2D eigenvalue weighted by Crippen LogP contribution is -2.13. The lowest BCUT2D eigenvalue weighted by Gasteiger charge is -2.14. The van der Waals surface area contributed by atoms with Crippen LogP contribution in [0.15, 0.2) is 36.4 Å². The van der Waals surface area contributed by atoms with Crippen molar-refractivity contribution in [3.05, 3.63) is 58.4 Å². The molecule has 3 rings (SSSR count). The number of thioether (sulfide) groups is 2. The van der Waals surface area contributed by atoms with Crippen molar-refractivity contribution in [2.24, 2.45) is 0 Å². The molecule has 2 aromatic rings. The molecule has 7 heteroatoms. The second-order valence-electron chi connectivity index (χ2n) is 5.33. The summed E-state index contributed by atoms with van der Waals surface area (Å²) in [5.41, 5.74) is 1.25. The van der Waals surface area contributed by atoms with Gasteiger partial charge < -0.3 is 9.47 Å². The van der Waals surface area contributed by atoms with Crippen molar-refractivity contribution in [3.8, 4) is 11.5 Å².